The van der Waals surface area contributed by atoms with Gasteiger partial charge in [0.05, 0.1) is 4.90 Å². The first-order valence-electron chi connectivity index (χ1n) is 10.9. The van der Waals surface area contributed by atoms with Crippen molar-refractivity contribution in [2.24, 2.45) is 5.73 Å². The summed E-state index contributed by atoms with van der Waals surface area (Å²) in [6.07, 6.45) is 5.67. The van der Waals surface area contributed by atoms with E-state index in [9.17, 15) is 13.2 Å². The van der Waals surface area contributed by atoms with E-state index in [4.69, 9.17) is 5.73 Å². The van der Waals surface area contributed by atoms with Gasteiger partial charge in [0.15, 0.2) is 0 Å². The maximum absolute atomic E-state index is 13.0. The first kappa shape index (κ1) is 22.9. The fourth-order valence-corrected chi connectivity index (χ4v) is 4.99. The number of anilines is 3. The second-order valence-corrected chi connectivity index (χ2v) is 9.66. The first-order valence-corrected chi connectivity index (χ1v) is 12.3. The minimum atomic E-state index is -3.67. The van der Waals surface area contributed by atoms with Crippen molar-refractivity contribution >= 4 is 33.0 Å². The van der Waals surface area contributed by atoms with Gasteiger partial charge in [0.1, 0.15) is 0 Å². The zero-order chi connectivity index (χ0) is 23.3. The number of nitrogens with zero attached hydrogens (tertiary/aromatic N) is 3. The fraction of sp³-hybridized carbons (Fsp3) is 0.250. The third kappa shape index (κ3) is 5.57. The number of primary amides is 1. The number of aromatic nitrogens is 1. The summed E-state index contributed by atoms with van der Waals surface area (Å²) in [6, 6.07) is 17.3. The molecule has 3 N–H and O–H groups in total. The molecule has 3 aromatic rings. The van der Waals surface area contributed by atoms with Crippen LogP contribution in [0.5, 0.6) is 0 Å². The van der Waals surface area contributed by atoms with Crippen molar-refractivity contribution in [3.05, 3.63) is 78.6 Å². The van der Waals surface area contributed by atoms with Crippen molar-refractivity contribution in [3.63, 3.8) is 0 Å². The number of carbonyl (C=O) groups excluding carboxylic acids is 1. The molecule has 0 saturated carbocycles. The average molecular weight is 466 g/mol. The van der Waals surface area contributed by atoms with Gasteiger partial charge in [0, 0.05) is 48.1 Å². The lowest BCUT2D eigenvalue weighted by molar-refractivity contribution is 0.100. The summed E-state index contributed by atoms with van der Waals surface area (Å²) in [5.41, 5.74) is 7.98. The topological polar surface area (TPSA) is 109 Å². The first-order chi connectivity index (χ1) is 15.9. The van der Waals surface area contributed by atoms with Gasteiger partial charge in [0.25, 0.3) is 0 Å². The van der Waals surface area contributed by atoms with Crippen LogP contribution in [0.3, 0.4) is 0 Å². The standard InChI is InChI=1S/C24H27N5O3S/c25-24(30)19-6-8-20(9-7-19)29(21-10-12-26-13-11-21)22-4-3-5-23(18-22)33(31,32)27-14-17-28-15-1-2-16-28/h3-13,18,27H,1-2,14-17H2,(H2,25,30). The van der Waals surface area contributed by atoms with Gasteiger partial charge in [-0.15, -0.1) is 0 Å². The molecule has 0 spiro atoms. The Kier molecular flexibility index (Phi) is 7.02. The predicted molar refractivity (Wildman–Crippen MR) is 128 cm³/mol. The number of nitrogens with two attached hydrogens (primary N) is 1. The summed E-state index contributed by atoms with van der Waals surface area (Å²) in [6.45, 7) is 3.11. The van der Waals surface area contributed by atoms with Crippen molar-refractivity contribution < 1.29 is 13.2 Å². The normalized spacial score (nSPS) is 14.3. The molecule has 0 atom stereocenters. The number of amides is 1. The summed E-state index contributed by atoms with van der Waals surface area (Å²) in [7, 11) is -3.67. The third-order valence-electron chi connectivity index (χ3n) is 5.64. The zero-order valence-corrected chi connectivity index (χ0v) is 19.0. The van der Waals surface area contributed by atoms with Gasteiger partial charge in [-0.3, -0.25) is 9.78 Å². The highest BCUT2D eigenvalue weighted by atomic mass is 32.2. The number of hydrogen-bond acceptors (Lipinski definition) is 6. The van der Waals surface area contributed by atoms with Gasteiger partial charge in [0.2, 0.25) is 15.9 Å². The lowest BCUT2D eigenvalue weighted by atomic mass is 10.1. The molecule has 0 unspecified atom stereocenters. The summed E-state index contributed by atoms with van der Waals surface area (Å²) < 4.78 is 28.6. The number of benzene rings is 2. The Hall–Kier alpha value is -3.27. The van der Waals surface area contributed by atoms with Crippen LogP contribution in [0.2, 0.25) is 0 Å². The number of nitrogens with one attached hydrogen (secondary N) is 1. The molecular formula is C24H27N5O3S. The van der Waals surface area contributed by atoms with Gasteiger partial charge in [-0.25, -0.2) is 13.1 Å². The van der Waals surface area contributed by atoms with Crippen LogP contribution in [0.15, 0.2) is 78.0 Å². The zero-order valence-electron chi connectivity index (χ0n) is 18.2. The molecule has 9 heteroatoms. The van der Waals surface area contributed by atoms with Crippen molar-refractivity contribution in [1.29, 1.82) is 0 Å². The number of sulfonamides is 1. The highest BCUT2D eigenvalue weighted by Gasteiger charge is 2.19. The monoisotopic (exact) mass is 465 g/mol. The summed E-state index contributed by atoms with van der Waals surface area (Å²) in [5, 5.41) is 0. The van der Waals surface area contributed by atoms with Crippen molar-refractivity contribution in [3.8, 4) is 0 Å². The Bertz CT molecular complexity index is 1190. The molecule has 0 radical (unpaired) electrons. The number of likely N-dealkylation sites (tertiary alicyclic amines) is 1. The number of pyridine rings is 1. The Morgan fingerprint density at radius 1 is 0.970 bits per heavy atom. The Balaban J connectivity index is 1.62. The molecule has 33 heavy (non-hydrogen) atoms. The van der Waals surface area contributed by atoms with Gasteiger partial charge >= 0.3 is 0 Å². The van der Waals surface area contributed by atoms with Crippen LogP contribution in [-0.4, -0.2) is 50.4 Å². The van der Waals surface area contributed by atoms with Gasteiger partial charge in [-0.2, -0.15) is 0 Å². The fourth-order valence-electron chi connectivity index (χ4n) is 3.93. The van der Waals surface area contributed by atoms with Gasteiger partial charge < -0.3 is 15.5 Å². The minimum absolute atomic E-state index is 0.189. The predicted octanol–water partition coefficient (Wildman–Crippen LogP) is 3.02. The number of carbonyl (C=O) groups is 1. The molecule has 0 bridgehead atoms. The van der Waals surface area contributed by atoms with Gasteiger partial charge in [-0.1, -0.05) is 6.07 Å². The van der Waals surface area contributed by atoms with Crippen LogP contribution in [0, 0.1) is 0 Å². The van der Waals surface area contributed by atoms with E-state index in [0.717, 1.165) is 24.5 Å². The Morgan fingerprint density at radius 3 is 2.30 bits per heavy atom. The molecule has 1 aromatic heterocycles. The van der Waals surface area contributed by atoms with E-state index in [0.29, 0.717) is 24.3 Å². The van der Waals surface area contributed by atoms with Crippen LogP contribution >= 0.6 is 0 Å². The van der Waals surface area contributed by atoms with E-state index >= 15 is 0 Å². The number of hydrogen-bond donors (Lipinski definition) is 2. The van der Waals surface area contributed by atoms with E-state index in [1.165, 1.54) is 12.8 Å². The van der Waals surface area contributed by atoms with Crippen molar-refractivity contribution in [2.45, 2.75) is 17.7 Å². The van der Waals surface area contributed by atoms with Crippen LogP contribution in [0.4, 0.5) is 17.1 Å². The molecule has 172 valence electrons. The Labute approximate surface area is 194 Å². The van der Waals surface area contributed by atoms with Crippen LogP contribution in [0.1, 0.15) is 23.2 Å². The van der Waals surface area contributed by atoms with Crippen LogP contribution in [-0.2, 0) is 10.0 Å². The van der Waals surface area contributed by atoms with Crippen molar-refractivity contribution in [1.82, 2.24) is 14.6 Å². The van der Waals surface area contributed by atoms with Crippen LogP contribution < -0.4 is 15.4 Å². The average Bonchev–Trinajstić information content (AvgIpc) is 3.34. The quantitative estimate of drug-likeness (QED) is 0.503. The van der Waals surface area contributed by atoms with E-state index in [-0.39, 0.29) is 4.90 Å². The summed E-state index contributed by atoms with van der Waals surface area (Å²) in [5.74, 6) is -0.509. The highest BCUT2D eigenvalue weighted by Crippen LogP contribution is 2.35. The van der Waals surface area contributed by atoms with Crippen molar-refractivity contribution in [2.75, 3.05) is 31.1 Å². The van der Waals surface area contributed by atoms with E-state index < -0.39 is 15.9 Å². The molecule has 1 aliphatic rings. The second kappa shape index (κ2) is 10.1. The maximum atomic E-state index is 13.0. The second-order valence-electron chi connectivity index (χ2n) is 7.90. The molecule has 2 aromatic carbocycles. The maximum Gasteiger partial charge on any atom is 0.248 e. The van der Waals surface area contributed by atoms with E-state index in [1.807, 2.05) is 23.1 Å². The summed E-state index contributed by atoms with van der Waals surface area (Å²) in [4.78, 5) is 19.9. The molecule has 1 fully saturated rings. The molecule has 2 heterocycles. The van der Waals surface area contributed by atoms with E-state index in [1.54, 1.807) is 54.9 Å². The lowest BCUT2D eigenvalue weighted by Crippen LogP contribution is -2.33. The molecule has 1 amide bonds. The smallest absolute Gasteiger partial charge is 0.248 e. The number of rotatable bonds is 9. The largest absolute Gasteiger partial charge is 0.366 e. The van der Waals surface area contributed by atoms with E-state index in [2.05, 4.69) is 14.6 Å². The molecule has 1 aliphatic heterocycles. The van der Waals surface area contributed by atoms with Gasteiger partial charge in [-0.05, 0) is 80.5 Å². The minimum Gasteiger partial charge on any atom is -0.366 e. The molecule has 0 aliphatic carbocycles. The highest BCUT2D eigenvalue weighted by molar-refractivity contribution is 7.89. The lowest BCUT2D eigenvalue weighted by Gasteiger charge is -2.26. The molecule has 8 nitrogen and oxygen atoms in total. The molecule has 1 saturated heterocycles. The third-order valence-corrected chi connectivity index (χ3v) is 7.09. The Morgan fingerprint density at radius 2 is 1.64 bits per heavy atom. The molecular weight excluding hydrogens is 438 g/mol. The molecule has 4 rings (SSSR count). The SMILES string of the molecule is NC(=O)c1ccc(N(c2ccncc2)c2cccc(S(=O)(=O)NCCN3CCCC3)c2)cc1. The summed E-state index contributed by atoms with van der Waals surface area (Å²) >= 11 is 0. The van der Waals surface area contributed by atoms with Crippen LogP contribution in [0.25, 0.3) is 0 Å².